The first-order valence-corrected chi connectivity index (χ1v) is 10.6. The second-order valence-corrected chi connectivity index (χ2v) is 8.11. The topological polar surface area (TPSA) is 113 Å². The van der Waals surface area contributed by atoms with Crippen molar-refractivity contribution >= 4 is 23.5 Å². The Kier molecular flexibility index (Phi) is 6.09. The number of hydrogen-bond acceptors (Lipinski definition) is 7. The predicted molar refractivity (Wildman–Crippen MR) is 115 cm³/mol. The molecule has 4 rings (SSSR count). The third kappa shape index (κ3) is 4.72. The highest BCUT2D eigenvalue weighted by molar-refractivity contribution is 5.94. The van der Waals surface area contributed by atoms with Crippen LogP contribution < -0.4 is 21.7 Å². The van der Waals surface area contributed by atoms with Gasteiger partial charge in [0.15, 0.2) is 0 Å². The number of carbonyl (C=O) groups excluding carboxylic acids is 1. The summed E-state index contributed by atoms with van der Waals surface area (Å²) in [6, 6.07) is 4.54. The molecule has 1 atom stereocenters. The smallest absolute Gasteiger partial charge is 0.383 e. The lowest BCUT2D eigenvalue weighted by Crippen LogP contribution is -2.47. The highest BCUT2D eigenvalue weighted by atomic mass is 19.4. The highest BCUT2D eigenvalue weighted by Gasteiger charge is 2.37. The van der Waals surface area contributed by atoms with Crippen LogP contribution >= 0.6 is 0 Å². The number of piperidine rings is 1. The number of nitrogens with zero attached hydrogens (tertiary/aromatic N) is 4. The molecular formula is C21H26F3N7O. The van der Waals surface area contributed by atoms with E-state index in [1.807, 2.05) is 4.90 Å². The minimum Gasteiger partial charge on any atom is -0.383 e. The van der Waals surface area contributed by atoms with Crippen molar-refractivity contribution in [2.75, 3.05) is 49.1 Å². The van der Waals surface area contributed by atoms with Gasteiger partial charge in [0.1, 0.15) is 11.6 Å². The van der Waals surface area contributed by atoms with Crippen LogP contribution in [-0.4, -0.2) is 53.5 Å². The average molecular weight is 449 g/mol. The summed E-state index contributed by atoms with van der Waals surface area (Å²) in [4.78, 5) is 24.5. The van der Waals surface area contributed by atoms with Gasteiger partial charge in [-0.25, -0.2) is 0 Å². The van der Waals surface area contributed by atoms with E-state index in [0.717, 1.165) is 25.3 Å². The first-order valence-electron chi connectivity index (χ1n) is 10.6. The summed E-state index contributed by atoms with van der Waals surface area (Å²) >= 11 is 0. The van der Waals surface area contributed by atoms with Crippen LogP contribution in [0.4, 0.5) is 30.8 Å². The normalized spacial score (nSPS) is 19.8. The Hall–Kier alpha value is -3.08. The van der Waals surface area contributed by atoms with Gasteiger partial charge in [-0.3, -0.25) is 4.79 Å². The number of rotatable bonds is 3. The fourth-order valence-corrected chi connectivity index (χ4v) is 4.32. The molecule has 0 spiro atoms. The molecule has 11 heteroatoms. The van der Waals surface area contributed by atoms with E-state index in [1.54, 1.807) is 11.0 Å². The Bertz CT molecular complexity index is 972. The number of nitrogen functional groups attached to an aromatic ring is 2. The highest BCUT2D eigenvalue weighted by Crippen LogP contribution is 2.36. The first kappa shape index (κ1) is 22.1. The molecule has 32 heavy (non-hydrogen) atoms. The Morgan fingerprint density at radius 2 is 1.81 bits per heavy atom. The summed E-state index contributed by atoms with van der Waals surface area (Å²) in [5.41, 5.74) is 11.0. The van der Waals surface area contributed by atoms with Gasteiger partial charge in [-0.15, -0.1) is 0 Å². The summed E-state index contributed by atoms with van der Waals surface area (Å²) in [7, 11) is 0. The molecule has 1 unspecified atom stereocenters. The van der Waals surface area contributed by atoms with Crippen LogP contribution in [0.3, 0.4) is 0 Å². The van der Waals surface area contributed by atoms with Crippen LogP contribution in [-0.2, 0) is 6.18 Å². The summed E-state index contributed by atoms with van der Waals surface area (Å²) in [5, 5.41) is 3.15. The molecule has 1 aromatic carbocycles. The van der Waals surface area contributed by atoms with E-state index in [9.17, 15) is 18.0 Å². The molecule has 1 aromatic heterocycles. The molecule has 0 aliphatic carbocycles. The summed E-state index contributed by atoms with van der Waals surface area (Å²) in [5.74, 6) is 0.409. The molecule has 0 bridgehead atoms. The predicted octanol–water partition coefficient (Wildman–Crippen LogP) is 2.44. The van der Waals surface area contributed by atoms with Crippen molar-refractivity contribution in [2.45, 2.75) is 31.5 Å². The monoisotopic (exact) mass is 449 g/mol. The Balaban J connectivity index is 1.66. The summed E-state index contributed by atoms with van der Waals surface area (Å²) < 4.78 is 41.5. The standard InChI is InChI=1S/C21H26F3N7O/c22-21(23,24)15-5-4-13(19(32)30-7-2-1-3-8-30)10-14(15)16-12-31(9-6-27-16)18-11-17(25)28-20(26)29-18/h4-5,10-11,16,27H,1-3,6-9,12H2,(H4,25,26,28,29). The minimum absolute atomic E-state index is 0.000175. The lowest BCUT2D eigenvalue weighted by Gasteiger charge is -2.36. The van der Waals surface area contributed by atoms with E-state index in [-0.39, 0.29) is 35.3 Å². The van der Waals surface area contributed by atoms with Gasteiger partial charge in [-0.2, -0.15) is 23.1 Å². The molecular weight excluding hydrogens is 423 g/mol. The van der Waals surface area contributed by atoms with Gasteiger partial charge in [0.2, 0.25) is 5.95 Å². The summed E-state index contributed by atoms with van der Waals surface area (Å²) in [6.07, 6.45) is -1.68. The van der Waals surface area contributed by atoms with Gasteiger partial charge in [0, 0.05) is 44.4 Å². The molecule has 3 heterocycles. The fraction of sp³-hybridized carbons (Fsp3) is 0.476. The van der Waals surface area contributed by atoms with Gasteiger partial charge in [0.05, 0.1) is 11.6 Å². The molecule has 8 nitrogen and oxygen atoms in total. The number of amides is 1. The maximum atomic E-state index is 13.8. The quantitative estimate of drug-likeness (QED) is 0.660. The number of aromatic nitrogens is 2. The fourth-order valence-electron chi connectivity index (χ4n) is 4.32. The number of anilines is 3. The van der Waals surface area contributed by atoms with Crippen LogP contribution in [0, 0.1) is 0 Å². The Morgan fingerprint density at radius 1 is 1.06 bits per heavy atom. The average Bonchev–Trinajstić information content (AvgIpc) is 2.77. The number of alkyl halides is 3. The van der Waals surface area contributed by atoms with Gasteiger partial charge >= 0.3 is 6.18 Å². The number of halogens is 3. The Morgan fingerprint density at radius 3 is 2.50 bits per heavy atom. The van der Waals surface area contributed by atoms with Gasteiger partial charge < -0.3 is 26.6 Å². The maximum absolute atomic E-state index is 13.8. The van der Waals surface area contributed by atoms with Crippen LogP contribution in [0.5, 0.6) is 0 Å². The van der Waals surface area contributed by atoms with Gasteiger partial charge in [-0.1, -0.05) is 0 Å². The van der Waals surface area contributed by atoms with Crippen molar-refractivity contribution in [3.05, 3.63) is 41.0 Å². The van der Waals surface area contributed by atoms with Crippen LogP contribution in [0.25, 0.3) is 0 Å². The van der Waals surface area contributed by atoms with Crippen molar-refractivity contribution in [1.29, 1.82) is 0 Å². The van der Waals surface area contributed by atoms with Crippen molar-refractivity contribution in [3.8, 4) is 0 Å². The molecule has 0 saturated carbocycles. The zero-order valence-electron chi connectivity index (χ0n) is 17.5. The third-order valence-corrected chi connectivity index (χ3v) is 5.87. The number of hydrogen-bond donors (Lipinski definition) is 3. The molecule has 2 aliphatic heterocycles. The van der Waals surface area contributed by atoms with E-state index < -0.39 is 17.8 Å². The van der Waals surface area contributed by atoms with Crippen LogP contribution in [0.15, 0.2) is 24.3 Å². The third-order valence-electron chi connectivity index (χ3n) is 5.87. The number of benzene rings is 1. The summed E-state index contributed by atoms with van der Waals surface area (Å²) in [6.45, 7) is 2.40. The van der Waals surface area contributed by atoms with Crippen LogP contribution in [0.1, 0.15) is 46.8 Å². The molecule has 172 valence electrons. The lowest BCUT2D eigenvalue weighted by molar-refractivity contribution is -0.138. The molecule has 2 aromatic rings. The molecule has 2 saturated heterocycles. The Labute approximate surface area is 183 Å². The van der Waals surface area contributed by atoms with Crippen molar-refractivity contribution in [1.82, 2.24) is 20.2 Å². The van der Waals surface area contributed by atoms with E-state index in [2.05, 4.69) is 15.3 Å². The van der Waals surface area contributed by atoms with Gasteiger partial charge in [0.25, 0.3) is 5.91 Å². The van der Waals surface area contributed by atoms with E-state index in [1.165, 1.54) is 12.1 Å². The lowest BCUT2D eigenvalue weighted by atomic mass is 9.95. The minimum atomic E-state index is -4.55. The molecule has 2 aliphatic rings. The van der Waals surface area contributed by atoms with E-state index in [4.69, 9.17) is 11.5 Å². The van der Waals surface area contributed by atoms with Gasteiger partial charge in [-0.05, 0) is 43.0 Å². The van der Waals surface area contributed by atoms with Crippen molar-refractivity contribution in [3.63, 3.8) is 0 Å². The number of nitrogens with one attached hydrogen (secondary N) is 1. The van der Waals surface area contributed by atoms with E-state index in [0.29, 0.717) is 32.0 Å². The molecule has 0 radical (unpaired) electrons. The molecule has 2 fully saturated rings. The molecule has 5 N–H and O–H groups in total. The van der Waals surface area contributed by atoms with Crippen LogP contribution in [0.2, 0.25) is 0 Å². The maximum Gasteiger partial charge on any atom is 0.416 e. The number of likely N-dealkylation sites (tertiary alicyclic amines) is 1. The van der Waals surface area contributed by atoms with Crippen molar-refractivity contribution in [2.24, 2.45) is 0 Å². The second-order valence-electron chi connectivity index (χ2n) is 8.11. The number of piperazine rings is 1. The van der Waals surface area contributed by atoms with Crippen molar-refractivity contribution < 1.29 is 18.0 Å². The number of nitrogens with two attached hydrogens (primary N) is 2. The number of carbonyl (C=O) groups is 1. The first-order chi connectivity index (χ1) is 15.2. The second kappa shape index (κ2) is 8.81. The zero-order chi connectivity index (χ0) is 22.9. The molecule has 1 amide bonds. The van der Waals surface area contributed by atoms with E-state index >= 15 is 0 Å². The zero-order valence-corrected chi connectivity index (χ0v) is 17.5. The SMILES string of the molecule is Nc1cc(N2CCNC(c3cc(C(=O)N4CCCCC4)ccc3C(F)(F)F)C2)nc(N)n1. The largest absolute Gasteiger partial charge is 0.416 e.